The molecule has 1 amide bonds. The van der Waals surface area contributed by atoms with Crippen LogP contribution in [0.3, 0.4) is 0 Å². The Morgan fingerprint density at radius 2 is 1.87 bits per heavy atom. The summed E-state index contributed by atoms with van der Waals surface area (Å²) in [5.74, 6) is -0.242. The van der Waals surface area contributed by atoms with Gasteiger partial charge in [-0.3, -0.25) is 9.59 Å². The van der Waals surface area contributed by atoms with Crippen LogP contribution in [0.15, 0.2) is 23.1 Å². The lowest BCUT2D eigenvalue weighted by Gasteiger charge is -2.26. The third-order valence-corrected chi connectivity index (χ3v) is 7.10. The molecule has 30 heavy (non-hydrogen) atoms. The second-order valence-electron chi connectivity index (χ2n) is 7.14. The highest BCUT2D eigenvalue weighted by Gasteiger charge is 2.27. The molecule has 0 bridgehead atoms. The molecule has 8 nitrogen and oxygen atoms in total. The van der Waals surface area contributed by atoms with Gasteiger partial charge in [0.1, 0.15) is 5.75 Å². The quantitative estimate of drug-likeness (QED) is 0.538. The van der Waals surface area contributed by atoms with Gasteiger partial charge < -0.3 is 14.8 Å². The second kappa shape index (κ2) is 11.6. The Hall–Kier alpha value is -1.78. The first-order valence-electron chi connectivity index (χ1n) is 10.1. The van der Waals surface area contributed by atoms with Crippen LogP contribution < -0.4 is 10.1 Å². The van der Waals surface area contributed by atoms with E-state index in [0.717, 1.165) is 31.0 Å². The van der Waals surface area contributed by atoms with E-state index in [1.165, 1.54) is 16.4 Å². The summed E-state index contributed by atoms with van der Waals surface area (Å²) in [4.78, 5) is 23.9. The van der Waals surface area contributed by atoms with Gasteiger partial charge in [0.25, 0.3) is 0 Å². The first-order chi connectivity index (χ1) is 14.2. The fraction of sp³-hybridized carbons (Fsp3) is 0.600. The van der Waals surface area contributed by atoms with E-state index in [2.05, 4.69) is 5.32 Å². The van der Waals surface area contributed by atoms with Gasteiger partial charge in [-0.25, -0.2) is 8.42 Å². The fourth-order valence-electron chi connectivity index (χ4n) is 2.99. The summed E-state index contributed by atoms with van der Waals surface area (Å²) in [6.07, 6.45) is 2.56. The molecule has 0 spiro atoms. The van der Waals surface area contributed by atoms with Gasteiger partial charge in [-0.1, -0.05) is 6.42 Å². The van der Waals surface area contributed by atoms with Crippen LogP contribution in [0.5, 0.6) is 5.75 Å². The number of piperidine rings is 1. The Balaban J connectivity index is 2.15. The summed E-state index contributed by atoms with van der Waals surface area (Å²) in [5, 5.41) is 2.72. The monoisotopic (exact) mass is 458 g/mol. The molecular formula is C20H30N2O6S2. The van der Waals surface area contributed by atoms with Crippen LogP contribution in [-0.2, 0) is 24.3 Å². The molecule has 0 aliphatic carbocycles. The maximum atomic E-state index is 13.0. The van der Waals surface area contributed by atoms with Crippen molar-refractivity contribution in [3.8, 4) is 5.75 Å². The Bertz CT molecular complexity index is 836. The molecule has 10 heteroatoms. The van der Waals surface area contributed by atoms with Crippen molar-refractivity contribution in [1.82, 2.24) is 4.31 Å². The number of sulfonamides is 1. The van der Waals surface area contributed by atoms with Crippen molar-refractivity contribution >= 4 is 39.3 Å². The molecule has 0 saturated carbocycles. The van der Waals surface area contributed by atoms with Crippen molar-refractivity contribution < 1.29 is 27.5 Å². The van der Waals surface area contributed by atoms with Crippen molar-refractivity contribution in [1.29, 1.82) is 0 Å². The normalized spacial score (nSPS) is 15.1. The Morgan fingerprint density at radius 1 is 1.17 bits per heavy atom. The molecule has 2 rings (SSSR count). The number of hydrogen-bond donors (Lipinski definition) is 1. The number of benzene rings is 1. The largest absolute Gasteiger partial charge is 0.489 e. The van der Waals surface area contributed by atoms with Gasteiger partial charge in [-0.2, -0.15) is 4.31 Å². The van der Waals surface area contributed by atoms with Crippen LogP contribution in [0.4, 0.5) is 5.69 Å². The zero-order chi connectivity index (χ0) is 22.1. The molecule has 0 atom stereocenters. The lowest BCUT2D eigenvalue weighted by molar-refractivity contribution is -0.139. The Labute approximate surface area is 182 Å². The number of ether oxygens (including phenoxy) is 2. The molecule has 0 unspecified atom stereocenters. The van der Waals surface area contributed by atoms with Crippen LogP contribution in [0, 0.1) is 0 Å². The van der Waals surface area contributed by atoms with E-state index in [-0.39, 0.29) is 34.4 Å². The van der Waals surface area contributed by atoms with Crippen LogP contribution in [0.2, 0.25) is 0 Å². The maximum absolute atomic E-state index is 13.0. The van der Waals surface area contributed by atoms with Gasteiger partial charge in [-0.15, -0.1) is 11.8 Å². The predicted molar refractivity (Wildman–Crippen MR) is 117 cm³/mol. The van der Waals surface area contributed by atoms with E-state index >= 15 is 0 Å². The molecule has 0 radical (unpaired) electrons. The predicted octanol–water partition coefficient (Wildman–Crippen LogP) is 2.88. The lowest BCUT2D eigenvalue weighted by atomic mass is 10.2. The van der Waals surface area contributed by atoms with Gasteiger partial charge in [0.15, 0.2) is 0 Å². The molecule has 1 aliphatic heterocycles. The summed E-state index contributed by atoms with van der Waals surface area (Å²) in [6, 6.07) is 4.51. The molecule has 1 fully saturated rings. The summed E-state index contributed by atoms with van der Waals surface area (Å²) in [7, 11) is -3.64. The van der Waals surface area contributed by atoms with Crippen molar-refractivity contribution in [3.63, 3.8) is 0 Å². The standard InChI is InChI=1S/C20H30N2O6S2/c1-4-27-20(24)14-29-13-19(23)21-17-12-16(8-9-18(17)28-15(2)3)30(25,26)22-10-6-5-7-11-22/h8-9,12,15H,4-7,10-11,13-14H2,1-3H3,(H,21,23). The number of anilines is 1. The smallest absolute Gasteiger partial charge is 0.315 e. The average molecular weight is 459 g/mol. The average Bonchev–Trinajstić information content (AvgIpc) is 2.69. The second-order valence-corrected chi connectivity index (χ2v) is 10.1. The maximum Gasteiger partial charge on any atom is 0.315 e. The van der Waals surface area contributed by atoms with Crippen LogP contribution in [-0.4, -0.2) is 61.9 Å². The number of nitrogens with zero attached hydrogens (tertiary/aromatic N) is 1. The fourth-order valence-corrected chi connectivity index (χ4v) is 5.15. The summed E-state index contributed by atoms with van der Waals surface area (Å²) < 4.78 is 38.0. The number of rotatable bonds is 10. The number of amides is 1. The number of carbonyl (C=O) groups excluding carboxylic acids is 2. The molecular weight excluding hydrogens is 428 g/mol. The first-order valence-corrected chi connectivity index (χ1v) is 12.7. The van der Waals surface area contributed by atoms with Gasteiger partial charge in [-0.05, 0) is 51.8 Å². The van der Waals surface area contributed by atoms with Crippen molar-refractivity contribution in [2.75, 3.05) is 36.5 Å². The molecule has 1 saturated heterocycles. The summed E-state index contributed by atoms with van der Waals surface area (Å²) >= 11 is 1.13. The molecule has 0 aromatic heterocycles. The van der Waals surface area contributed by atoms with E-state index in [1.54, 1.807) is 13.0 Å². The third-order valence-electron chi connectivity index (χ3n) is 4.30. The van der Waals surface area contributed by atoms with E-state index in [9.17, 15) is 18.0 Å². The van der Waals surface area contributed by atoms with Crippen LogP contribution in [0.1, 0.15) is 40.0 Å². The van der Waals surface area contributed by atoms with E-state index in [4.69, 9.17) is 9.47 Å². The number of esters is 1. The zero-order valence-corrected chi connectivity index (χ0v) is 19.3. The summed E-state index contributed by atoms with van der Waals surface area (Å²) in [5.41, 5.74) is 0.295. The minimum Gasteiger partial charge on any atom is -0.489 e. The molecule has 1 heterocycles. The minimum atomic E-state index is -3.64. The highest BCUT2D eigenvalue weighted by molar-refractivity contribution is 8.00. The highest BCUT2D eigenvalue weighted by atomic mass is 32.2. The number of hydrogen-bond acceptors (Lipinski definition) is 7. The van der Waals surface area contributed by atoms with Crippen molar-refractivity contribution in [3.05, 3.63) is 18.2 Å². The topological polar surface area (TPSA) is 102 Å². The van der Waals surface area contributed by atoms with E-state index in [1.807, 2.05) is 13.8 Å². The van der Waals surface area contributed by atoms with Crippen LogP contribution in [0.25, 0.3) is 0 Å². The Morgan fingerprint density at radius 3 is 2.50 bits per heavy atom. The molecule has 1 N–H and O–H groups in total. The number of carbonyl (C=O) groups is 2. The van der Waals surface area contributed by atoms with Gasteiger partial charge in [0.05, 0.1) is 34.8 Å². The van der Waals surface area contributed by atoms with Gasteiger partial charge >= 0.3 is 5.97 Å². The number of nitrogens with one attached hydrogen (secondary N) is 1. The van der Waals surface area contributed by atoms with Crippen molar-refractivity contribution in [2.45, 2.75) is 51.0 Å². The number of thioether (sulfide) groups is 1. The Kier molecular flexibility index (Phi) is 9.44. The lowest BCUT2D eigenvalue weighted by Crippen LogP contribution is -2.35. The van der Waals surface area contributed by atoms with Crippen LogP contribution >= 0.6 is 11.8 Å². The molecule has 1 aliphatic rings. The molecule has 1 aromatic carbocycles. The molecule has 1 aromatic rings. The van der Waals surface area contributed by atoms with Crippen molar-refractivity contribution in [2.24, 2.45) is 0 Å². The van der Waals surface area contributed by atoms with Gasteiger partial charge in [0.2, 0.25) is 15.9 Å². The zero-order valence-electron chi connectivity index (χ0n) is 17.7. The first kappa shape index (κ1) is 24.5. The van der Waals surface area contributed by atoms with E-state index in [0.29, 0.717) is 31.1 Å². The SMILES string of the molecule is CCOC(=O)CSCC(=O)Nc1cc(S(=O)(=O)N2CCCCC2)ccc1OC(C)C. The third kappa shape index (κ3) is 7.17. The highest BCUT2D eigenvalue weighted by Crippen LogP contribution is 2.31. The van der Waals surface area contributed by atoms with Gasteiger partial charge in [0, 0.05) is 13.1 Å². The minimum absolute atomic E-state index is 0.0308. The summed E-state index contributed by atoms with van der Waals surface area (Å²) in [6.45, 7) is 6.70. The van der Waals surface area contributed by atoms with E-state index < -0.39 is 10.0 Å². The molecule has 168 valence electrons.